The third-order valence-electron chi connectivity index (χ3n) is 6.80. The minimum Gasteiger partial charge on any atom is -0.467 e. The largest absolute Gasteiger partial charge is 0.467 e. The van der Waals surface area contributed by atoms with Crippen molar-refractivity contribution in [2.75, 3.05) is 14.2 Å². The standard InChI is InChI=1S/C29H29BrN2O6S/c1-17-10-13-21(14-11-17)39(35,36)32(27(28(33)37-4)29(34)38-5)26(23-8-6-7-9-24(23)30)20-12-15-22-18(2)19(3)31-25(22)16-20/h6-16,26-27,31H,1-5H3. The number of H-pyrrole nitrogens is 1. The SMILES string of the molecule is COC(=O)C(C(=O)OC)N(C(c1ccc2c(C)c(C)[nH]c2c1)c1ccccc1Br)S(=O)(=O)c1ccc(C)cc1. The molecule has 1 unspecified atom stereocenters. The van der Waals surface area contributed by atoms with Gasteiger partial charge in [0.25, 0.3) is 0 Å². The van der Waals surface area contributed by atoms with Crippen molar-refractivity contribution >= 4 is 48.8 Å². The van der Waals surface area contributed by atoms with Gasteiger partial charge in [0.15, 0.2) is 0 Å². The molecule has 1 heterocycles. The highest BCUT2D eigenvalue weighted by atomic mass is 79.9. The van der Waals surface area contributed by atoms with Crippen LogP contribution >= 0.6 is 15.9 Å². The van der Waals surface area contributed by atoms with E-state index in [2.05, 4.69) is 20.9 Å². The van der Waals surface area contributed by atoms with Crippen LogP contribution in [-0.2, 0) is 29.1 Å². The maximum absolute atomic E-state index is 14.4. The zero-order valence-corrected chi connectivity index (χ0v) is 24.6. The van der Waals surface area contributed by atoms with Crippen molar-refractivity contribution in [1.29, 1.82) is 0 Å². The van der Waals surface area contributed by atoms with Gasteiger partial charge < -0.3 is 14.5 Å². The molecule has 8 nitrogen and oxygen atoms in total. The van der Waals surface area contributed by atoms with Gasteiger partial charge in [-0.05, 0) is 61.7 Å². The van der Waals surface area contributed by atoms with Gasteiger partial charge in [-0.1, -0.05) is 64.0 Å². The number of hydrogen-bond acceptors (Lipinski definition) is 6. The molecule has 0 aliphatic heterocycles. The second kappa shape index (κ2) is 11.3. The Labute approximate surface area is 236 Å². The number of carbonyl (C=O) groups is 2. The van der Waals surface area contributed by atoms with E-state index >= 15 is 0 Å². The van der Waals surface area contributed by atoms with Crippen LogP contribution in [0.4, 0.5) is 0 Å². The molecule has 3 aromatic carbocycles. The molecule has 0 fully saturated rings. The summed E-state index contributed by atoms with van der Waals surface area (Å²) < 4.78 is 40.2. The molecule has 0 bridgehead atoms. The van der Waals surface area contributed by atoms with Crippen molar-refractivity contribution in [3.05, 3.63) is 99.2 Å². The predicted molar refractivity (Wildman–Crippen MR) is 152 cm³/mol. The molecule has 39 heavy (non-hydrogen) atoms. The van der Waals surface area contributed by atoms with E-state index in [1.807, 2.05) is 32.9 Å². The number of ether oxygens (including phenoxy) is 2. The Morgan fingerprint density at radius 3 is 2.10 bits per heavy atom. The van der Waals surface area contributed by atoms with Crippen LogP contribution < -0.4 is 0 Å². The van der Waals surface area contributed by atoms with Crippen LogP contribution in [0.2, 0.25) is 0 Å². The lowest BCUT2D eigenvalue weighted by atomic mass is 9.96. The molecular formula is C29H29BrN2O6S. The van der Waals surface area contributed by atoms with Crippen molar-refractivity contribution in [2.24, 2.45) is 0 Å². The molecule has 0 saturated carbocycles. The average Bonchev–Trinajstić information content (AvgIpc) is 3.21. The van der Waals surface area contributed by atoms with Crippen molar-refractivity contribution < 1.29 is 27.5 Å². The Morgan fingerprint density at radius 1 is 0.897 bits per heavy atom. The number of sulfonamides is 1. The molecular weight excluding hydrogens is 584 g/mol. The smallest absolute Gasteiger partial charge is 0.335 e. The molecule has 4 rings (SSSR count). The van der Waals surface area contributed by atoms with E-state index < -0.39 is 34.0 Å². The van der Waals surface area contributed by atoms with Crippen molar-refractivity contribution in [3.8, 4) is 0 Å². The summed E-state index contributed by atoms with van der Waals surface area (Å²) in [5, 5.41) is 0.979. The van der Waals surface area contributed by atoms with Gasteiger partial charge in [-0.2, -0.15) is 4.31 Å². The molecule has 10 heteroatoms. The van der Waals surface area contributed by atoms with E-state index in [-0.39, 0.29) is 4.90 Å². The van der Waals surface area contributed by atoms with E-state index in [1.54, 1.807) is 42.5 Å². The summed E-state index contributed by atoms with van der Waals surface area (Å²) in [6.45, 7) is 5.79. The minimum absolute atomic E-state index is 0.0874. The lowest BCUT2D eigenvalue weighted by Crippen LogP contribution is -2.52. The van der Waals surface area contributed by atoms with Crippen LogP contribution in [0.1, 0.15) is 34.0 Å². The number of aromatic amines is 1. The normalized spacial score (nSPS) is 12.6. The molecule has 1 N–H and O–H groups in total. The number of aryl methyl sites for hydroxylation is 3. The zero-order valence-electron chi connectivity index (χ0n) is 22.2. The Kier molecular flexibility index (Phi) is 8.29. The van der Waals surface area contributed by atoms with Crippen LogP contribution in [0, 0.1) is 20.8 Å². The van der Waals surface area contributed by atoms with Gasteiger partial charge >= 0.3 is 11.9 Å². The summed E-state index contributed by atoms with van der Waals surface area (Å²) in [7, 11) is -2.30. The second-order valence-electron chi connectivity index (χ2n) is 9.20. The number of hydrogen-bond donors (Lipinski definition) is 1. The summed E-state index contributed by atoms with van der Waals surface area (Å²) in [6.07, 6.45) is 0. The molecule has 0 aliphatic carbocycles. The lowest BCUT2D eigenvalue weighted by molar-refractivity contribution is -0.158. The number of fused-ring (bicyclic) bond motifs is 1. The van der Waals surface area contributed by atoms with E-state index in [1.165, 1.54) is 12.1 Å². The first-order valence-electron chi connectivity index (χ1n) is 12.1. The second-order valence-corrected chi connectivity index (χ2v) is 11.9. The quantitative estimate of drug-likeness (QED) is 0.212. The number of benzene rings is 3. The van der Waals surface area contributed by atoms with Gasteiger partial charge in [0.2, 0.25) is 16.1 Å². The Hall–Kier alpha value is -3.47. The summed E-state index contributed by atoms with van der Waals surface area (Å²) >= 11 is 3.56. The summed E-state index contributed by atoms with van der Waals surface area (Å²) in [5.74, 6) is -2.13. The van der Waals surface area contributed by atoms with Gasteiger partial charge in [0.1, 0.15) is 0 Å². The number of nitrogens with one attached hydrogen (secondary N) is 1. The Morgan fingerprint density at radius 2 is 1.51 bits per heavy atom. The van der Waals surface area contributed by atoms with Crippen LogP contribution in [0.25, 0.3) is 10.9 Å². The molecule has 0 radical (unpaired) electrons. The van der Waals surface area contributed by atoms with E-state index in [0.717, 1.165) is 46.2 Å². The number of methoxy groups -OCH3 is 2. The third-order valence-corrected chi connectivity index (χ3v) is 9.37. The zero-order chi connectivity index (χ0) is 28.5. The van der Waals surface area contributed by atoms with Gasteiger partial charge in [0, 0.05) is 21.1 Å². The number of rotatable bonds is 8. The molecule has 0 amide bonds. The van der Waals surface area contributed by atoms with Gasteiger partial charge in [-0.25, -0.2) is 18.0 Å². The van der Waals surface area contributed by atoms with Crippen molar-refractivity contribution in [1.82, 2.24) is 9.29 Å². The summed E-state index contributed by atoms with van der Waals surface area (Å²) in [5.41, 5.74) is 4.74. The van der Waals surface area contributed by atoms with E-state index in [4.69, 9.17) is 9.47 Å². The van der Waals surface area contributed by atoms with E-state index in [9.17, 15) is 18.0 Å². The van der Waals surface area contributed by atoms with Gasteiger partial charge in [0.05, 0.1) is 25.2 Å². The highest BCUT2D eigenvalue weighted by Gasteiger charge is 2.48. The number of aromatic nitrogens is 1. The van der Waals surface area contributed by atoms with Crippen LogP contribution in [0.15, 0.2) is 76.1 Å². The summed E-state index contributed by atoms with van der Waals surface area (Å²) in [4.78, 5) is 29.6. The number of carbonyl (C=O) groups excluding carboxylic acids is 2. The van der Waals surface area contributed by atoms with Crippen LogP contribution in [-0.4, -0.2) is 49.9 Å². The molecule has 204 valence electrons. The maximum atomic E-state index is 14.4. The Balaban J connectivity index is 2.09. The number of halogens is 1. The topological polar surface area (TPSA) is 106 Å². The minimum atomic E-state index is -4.50. The molecule has 1 aromatic heterocycles. The van der Waals surface area contributed by atoms with Crippen LogP contribution in [0.3, 0.4) is 0 Å². The van der Waals surface area contributed by atoms with Gasteiger partial charge in [-0.15, -0.1) is 0 Å². The first-order chi connectivity index (χ1) is 18.5. The molecule has 0 spiro atoms. The molecule has 4 aromatic rings. The highest BCUT2D eigenvalue weighted by Crippen LogP contribution is 2.40. The lowest BCUT2D eigenvalue weighted by Gasteiger charge is -2.35. The molecule has 0 aliphatic rings. The Bertz CT molecular complexity index is 1630. The predicted octanol–water partition coefficient (Wildman–Crippen LogP) is 5.35. The number of nitrogens with zero attached hydrogens (tertiary/aromatic N) is 1. The fourth-order valence-corrected chi connectivity index (χ4v) is 6.79. The highest BCUT2D eigenvalue weighted by molar-refractivity contribution is 9.10. The van der Waals surface area contributed by atoms with Crippen molar-refractivity contribution in [3.63, 3.8) is 0 Å². The number of esters is 2. The maximum Gasteiger partial charge on any atom is 0.335 e. The summed E-state index contributed by atoms with van der Waals surface area (Å²) in [6, 6.07) is 15.8. The monoisotopic (exact) mass is 612 g/mol. The first kappa shape index (κ1) is 28.5. The molecule has 0 saturated heterocycles. The fraction of sp³-hybridized carbons (Fsp3) is 0.241. The molecule has 1 atom stereocenters. The average molecular weight is 614 g/mol. The van der Waals surface area contributed by atoms with Crippen molar-refractivity contribution in [2.45, 2.75) is 37.8 Å². The van der Waals surface area contributed by atoms with Crippen LogP contribution in [0.5, 0.6) is 0 Å². The van der Waals surface area contributed by atoms with Gasteiger partial charge in [-0.3, -0.25) is 0 Å². The fourth-order valence-electron chi connectivity index (χ4n) is 4.61. The first-order valence-corrected chi connectivity index (χ1v) is 14.3. The van der Waals surface area contributed by atoms with E-state index in [0.29, 0.717) is 15.6 Å². The third kappa shape index (κ3) is 5.36.